The van der Waals surface area contributed by atoms with Gasteiger partial charge >= 0.3 is 0 Å². The lowest BCUT2D eigenvalue weighted by molar-refractivity contribution is -0.131. The van der Waals surface area contributed by atoms with Crippen molar-refractivity contribution in [2.75, 3.05) is 13.2 Å². The molecule has 2 rings (SSSR count). The van der Waals surface area contributed by atoms with Gasteiger partial charge in [0.15, 0.2) is 0 Å². The smallest absolute Gasteiger partial charge is 0.233 e. The first-order valence-corrected chi connectivity index (χ1v) is 7.26. The van der Waals surface area contributed by atoms with E-state index in [0.717, 1.165) is 0 Å². The molecule has 2 fully saturated rings. The van der Waals surface area contributed by atoms with Crippen molar-refractivity contribution < 1.29 is 9.53 Å². The monoisotopic (exact) mass is 284 g/mol. The number of hydrogen-bond acceptors (Lipinski definition) is 3. The number of thiocarbonyl (C=S) groups is 1. The summed E-state index contributed by atoms with van der Waals surface area (Å²) >= 11 is 5.15. The molecule has 0 atom stereocenters. The highest BCUT2D eigenvalue weighted by atomic mass is 32.1. The van der Waals surface area contributed by atoms with Crippen LogP contribution in [0.15, 0.2) is 0 Å². The Balaban J connectivity index is 2.12. The Labute approximate surface area is 120 Å². The third-order valence-electron chi connectivity index (χ3n) is 5.55. The maximum absolute atomic E-state index is 12.7. The van der Waals surface area contributed by atoms with Gasteiger partial charge in [0.25, 0.3) is 0 Å². The van der Waals surface area contributed by atoms with Crippen molar-refractivity contribution in [1.29, 1.82) is 0 Å². The molecule has 1 aliphatic carbocycles. The van der Waals surface area contributed by atoms with E-state index in [1.54, 1.807) is 0 Å². The number of hydrogen-bond donors (Lipinski definition) is 2. The minimum atomic E-state index is -0.720. The van der Waals surface area contributed by atoms with Crippen LogP contribution >= 0.6 is 12.2 Å². The summed E-state index contributed by atoms with van der Waals surface area (Å²) in [5.41, 5.74) is 5.36. The molecule has 1 saturated carbocycles. The lowest BCUT2D eigenvalue weighted by atomic mass is 9.79. The van der Waals surface area contributed by atoms with Crippen LogP contribution in [0.1, 0.15) is 40.5 Å². The van der Waals surface area contributed by atoms with Crippen molar-refractivity contribution in [3.05, 3.63) is 0 Å². The first-order chi connectivity index (χ1) is 8.66. The standard InChI is InChI=1S/C14H24N2O2S/c1-12(2)9(13(12,3)4)16-11(17)14(10(15)19)5-7-18-8-6-14/h9H,5-8H2,1-4H3,(H2,15,19)(H,16,17). The second-order valence-corrected chi connectivity index (χ2v) is 7.35. The predicted molar refractivity (Wildman–Crippen MR) is 78.8 cm³/mol. The van der Waals surface area contributed by atoms with Crippen molar-refractivity contribution >= 4 is 23.1 Å². The zero-order valence-corrected chi connectivity index (χ0v) is 13.0. The number of rotatable bonds is 3. The Bertz CT molecular complexity index is 398. The molecule has 0 aromatic carbocycles. The average molecular weight is 284 g/mol. The fourth-order valence-corrected chi connectivity index (χ4v) is 3.43. The van der Waals surface area contributed by atoms with Gasteiger partial charge < -0.3 is 15.8 Å². The second kappa shape index (κ2) is 4.42. The molecule has 3 N–H and O–H groups in total. The van der Waals surface area contributed by atoms with Gasteiger partial charge in [-0.2, -0.15) is 0 Å². The highest BCUT2D eigenvalue weighted by Crippen LogP contribution is 2.62. The van der Waals surface area contributed by atoms with E-state index in [1.807, 2.05) is 0 Å². The first-order valence-electron chi connectivity index (χ1n) is 6.85. The van der Waals surface area contributed by atoms with Gasteiger partial charge in [0.1, 0.15) is 5.41 Å². The summed E-state index contributed by atoms with van der Waals surface area (Å²) in [5.74, 6) is -0.0213. The van der Waals surface area contributed by atoms with Crippen molar-refractivity contribution in [2.24, 2.45) is 22.0 Å². The van der Waals surface area contributed by atoms with Gasteiger partial charge in [-0.15, -0.1) is 0 Å². The molecule has 1 saturated heterocycles. The summed E-state index contributed by atoms with van der Waals surface area (Å²) in [7, 11) is 0. The molecule has 0 radical (unpaired) electrons. The van der Waals surface area contributed by atoms with Crippen LogP contribution in [-0.2, 0) is 9.53 Å². The molecule has 2 aliphatic rings. The molecule has 108 valence electrons. The van der Waals surface area contributed by atoms with E-state index >= 15 is 0 Å². The Morgan fingerprint density at radius 3 is 2.05 bits per heavy atom. The van der Waals surface area contributed by atoms with E-state index in [2.05, 4.69) is 33.0 Å². The van der Waals surface area contributed by atoms with Gasteiger partial charge in [-0.3, -0.25) is 4.79 Å². The number of amides is 1. The fourth-order valence-electron chi connectivity index (χ4n) is 3.13. The van der Waals surface area contributed by atoms with E-state index in [9.17, 15) is 4.79 Å². The largest absolute Gasteiger partial charge is 0.392 e. The third kappa shape index (κ3) is 2.07. The maximum Gasteiger partial charge on any atom is 0.233 e. The number of carbonyl (C=O) groups excluding carboxylic acids is 1. The molecule has 0 spiro atoms. The highest BCUT2D eigenvalue weighted by molar-refractivity contribution is 7.80. The second-order valence-electron chi connectivity index (χ2n) is 6.91. The predicted octanol–water partition coefficient (Wildman–Crippen LogP) is 1.62. The summed E-state index contributed by atoms with van der Waals surface area (Å²) in [6, 6.07) is 0.182. The Hall–Kier alpha value is -0.680. The molecule has 19 heavy (non-hydrogen) atoms. The van der Waals surface area contributed by atoms with E-state index in [0.29, 0.717) is 31.0 Å². The summed E-state index contributed by atoms with van der Waals surface area (Å²) in [6.45, 7) is 9.79. The van der Waals surface area contributed by atoms with Gasteiger partial charge in [-0.05, 0) is 23.7 Å². The summed E-state index contributed by atoms with van der Waals surface area (Å²) in [5, 5.41) is 3.16. The van der Waals surface area contributed by atoms with Crippen LogP contribution in [0, 0.1) is 16.2 Å². The van der Waals surface area contributed by atoms with Crippen molar-refractivity contribution in [3.63, 3.8) is 0 Å². The molecule has 0 aromatic heterocycles. The third-order valence-corrected chi connectivity index (χ3v) is 5.94. The molecule has 1 amide bonds. The maximum atomic E-state index is 12.7. The highest BCUT2D eigenvalue weighted by Gasteiger charge is 2.66. The zero-order chi connectivity index (χ0) is 14.5. The molecule has 4 nitrogen and oxygen atoms in total. The van der Waals surface area contributed by atoms with Crippen molar-refractivity contribution in [2.45, 2.75) is 46.6 Å². The quantitative estimate of drug-likeness (QED) is 0.773. The van der Waals surface area contributed by atoms with Crippen LogP contribution in [0.4, 0.5) is 0 Å². The van der Waals surface area contributed by atoms with E-state index in [1.165, 1.54) is 0 Å². The van der Waals surface area contributed by atoms with Crippen molar-refractivity contribution in [3.8, 4) is 0 Å². The van der Waals surface area contributed by atoms with Crippen LogP contribution in [0.5, 0.6) is 0 Å². The number of nitrogens with two attached hydrogens (primary N) is 1. The van der Waals surface area contributed by atoms with Crippen LogP contribution < -0.4 is 11.1 Å². The first kappa shape index (κ1) is 14.7. The van der Waals surface area contributed by atoms with Gasteiger partial charge in [-0.25, -0.2) is 0 Å². The topological polar surface area (TPSA) is 64.4 Å². The normalized spacial score (nSPS) is 27.6. The minimum absolute atomic E-state index is 0.0213. The number of nitrogens with one attached hydrogen (secondary N) is 1. The van der Waals surface area contributed by atoms with E-state index in [-0.39, 0.29) is 22.8 Å². The molecule has 1 heterocycles. The molecule has 0 unspecified atom stereocenters. The van der Waals surface area contributed by atoms with Crippen LogP contribution in [-0.4, -0.2) is 30.2 Å². The molecule has 1 aliphatic heterocycles. The van der Waals surface area contributed by atoms with Crippen LogP contribution in [0.3, 0.4) is 0 Å². The minimum Gasteiger partial charge on any atom is -0.392 e. The van der Waals surface area contributed by atoms with E-state index < -0.39 is 5.41 Å². The summed E-state index contributed by atoms with van der Waals surface area (Å²) < 4.78 is 5.33. The molecular formula is C14H24N2O2S. The average Bonchev–Trinajstić information content (AvgIpc) is 2.72. The van der Waals surface area contributed by atoms with E-state index in [4.69, 9.17) is 22.7 Å². The lowest BCUT2D eigenvalue weighted by Gasteiger charge is -2.35. The fraction of sp³-hybridized carbons (Fsp3) is 0.857. The van der Waals surface area contributed by atoms with Gasteiger partial charge in [0.05, 0.1) is 4.99 Å². The SMILES string of the molecule is CC1(C)C(NC(=O)C2(C(N)=S)CCOCC2)C1(C)C. The van der Waals surface area contributed by atoms with Crippen LogP contribution in [0.25, 0.3) is 0 Å². The number of ether oxygens (including phenoxy) is 1. The molecule has 5 heteroatoms. The van der Waals surface area contributed by atoms with Gasteiger partial charge in [0.2, 0.25) is 5.91 Å². The summed E-state index contributed by atoms with van der Waals surface area (Å²) in [4.78, 5) is 12.9. The Kier molecular flexibility index (Phi) is 3.42. The Morgan fingerprint density at radius 2 is 1.68 bits per heavy atom. The van der Waals surface area contributed by atoms with Gasteiger partial charge in [0, 0.05) is 19.3 Å². The van der Waals surface area contributed by atoms with Gasteiger partial charge in [-0.1, -0.05) is 39.9 Å². The lowest BCUT2D eigenvalue weighted by Crippen LogP contribution is -2.53. The van der Waals surface area contributed by atoms with Crippen molar-refractivity contribution in [1.82, 2.24) is 5.32 Å². The molecule has 0 bridgehead atoms. The van der Waals surface area contributed by atoms with Crippen LogP contribution in [0.2, 0.25) is 0 Å². The molecular weight excluding hydrogens is 260 g/mol. The number of carbonyl (C=O) groups is 1. The zero-order valence-electron chi connectivity index (χ0n) is 12.2. The summed E-state index contributed by atoms with van der Waals surface area (Å²) in [6.07, 6.45) is 1.17. The molecule has 0 aromatic rings. The Morgan fingerprint density at radius 1 is 1.21 bits per heavy atom.